The predicted octanol–water partition coefficient (Wildman–Crippen LogP) is 2.76. The maximum atomic E-state index is 12.3. The summed E-state index contributed by atoms with van der Waals surface area (Å²) >= 11 is 0. The minimum atomic E-state index is -0.353. The molecule has 23 heavy (non-hydrogen) atoms. The number of benzene rings is 2. The first-order chi connectivity index (χ1) is 11.1. The largest absolute Gasteiger partial charge is 0.493 e. The first-order valence-corrected chi connectivity index (χ1v) is 7.36. The number of carbonyl (C=O) groups excluding carboxylic acids is 2. The number of carbonyl (C=O) groups is 2. The van der Waals surface area contributed by atoms with Gasteiger partial charge in [-0.15, -0.1) is 0 Å². The highest BCUT2D eigenvalue weighted by Gasteiger charge is 2.36. The minimum absolute atomic E-state index is 0.185. The number of hydrogen-bond donors (Lipinski definition) is 0. The number of imide groups is 1. The molecular formula is C18H17NO4. The molecule has 1 unspecified atom stereocenters. The second-order valence-electron chi connectivity index (χ2n) is 5.35. The molecule has 0 spiro atoms. The fraction of sp³-hybridized carbons (Fsp3) is 0.222. The molecule has 2 amide bonds. The highest BCUT2D eigenvalue weighted by molar-refractivity contribution is 6.21. The summed E-state index contributed by atoms with van der Waals surface area (Å²) in [7, 11) is 1.57. The Kier molecular flexibility index (Phi) is 4.02. The van der Waals surface area contributed by atoms with Gasteiger partial charge in [0.15, 0.2) is 11.5 Å². The van der Waals surface area contributed by atoms with Gasteiger partial charge in [-0.2, -0.15) is 0 Å². The summed E-state index contributed by atoms with van der Waals surface area (Å²) in [6.07, 6.45) is -0.353. The Morgan fingerprint density at radius 3 is 2.00 bits per heavy atom. The van der Waals surface area contributed by atoms with Crippen LogP contribution in [0, 0.1) is 0 Å². The number of amides is 2. The normalized spacial score (nSPS) is 14.6. The summed E-state index contributed by atoms with van der Waals surface area (Å²) in [5, 5.41) is 0. The molecule has 0 radical (unpaired) electrons. The molecule has 3 rings (SSSR count). The van der Waals surface area contributed by atoms with Crippen LogP contribution in [0.4, 0.5) is 0 Å². The summed E-state index contributed by atoms with van der Waals surface area (Å²) in [4.78, 5) is 25.9. The van der Waals surface area contributed by atoms with E-state index in [-0.39, 0.29) is 24.5 Å². The van der Waals surface area contributed by atoms with Gasteiger partial charge in [-0.05, 0) is 31.2 Å². The maximum Gasteiger partial charge on any atom is 0.261 e. The standard InChI is InChI=1S/C18H17NO4/c1-12(23-16-10-6-5-9-15(16)22-2)11-19-17(20)13-7-3-4-8-14(13)18(19)21/h3-10,12H,11H2,1-2H3. The van der Waals surface area contributed by atoms with Crippen molar-refractivity contribution in [3.05, 3.63) is 59.7 Å². The molecule has 0 saturated carbocycles. The minimum Gasteiger partial charge on any atom is -0.493 e. The van der Waals surface area contributed by atoms with Gasteiger partial charge in [0.1, 0.15) is 6.10 Å². The lowest BCUT2D eigenvalue weighted by Gasteiger charge is -2.21. The summed E-state index contributed by atoms with van der Waals surface area (Å²) in [6.45, 7) is 2.00. The van der Waals surface area contributed by atoms with Crippen molar-refractivity contribution in [1.29, 1.82) is 0 Å². The van der Waals surface area contributed by atoms with Crippen molar-refractivity contribution in [2.75, 3.05) is 13.7 Å². The van der Waals surface area contributed by atoms with E-state index in [1.54, 1.807) is 43.5 Å². The van der Waals surface area contributed by atoms with Crippen LogP contribution in [0.25, 0.3) is 0 Å². The van der Waals surface area contributed by atoms with Gasteiger partial charge < -0.3 is 9.47 Å². The lowest BCUT2D eigenvalue weighted by atomic mass is 10.1. The zero-order valence-corrected chi connectivity index (χ0v) is 13.0. The molecule has 0 N–H and O–H groups in total. The van der Waals surface area contributed by atoms with E-state index in [2.05, 4.69) is 0 Å². The van der Waals surface area contributed by atoms with Gasteiger partial charge in [-0.1, -0.05) is 24.3 Å². The molecule has 0 aromatic heterocycles. The molecule has 0 bridgehead atoms. The van der Waals surface area contributed by atoms with Crippen molar-refractivity contribution in [1.82, 2.24) is 4.90 Å². The van der Waals surface area contributed by atoms with Gasteiger partial charge >= 0.3 is 0 Å². The molecule has 1 heterocycles. The third kappa shape index (κ3) is 2.77. The van der Waals surface area contributed by atoms with Gasteiger partial charge in [0.05, 0.1) is 24.8 Å². The highest BCUT2D eigenvalue weighted by atomic mass is 16.5. The quantitative estimate of drug-likeness (QED) is 0.797. The lowest BCUT2D eigenvalue weighted by molar-refractivity contribution is 0.0583. The van der Waals surface area contributed by atoms with Crippen LogP contribution in [-0.4, -0.2) is 36.5 Å². The topological polar surface area (TPSA) is 55.8 Å². The number of nitrogens with zero attached hydrogens (tertiary/aromatic N) is 1. The Balaban J connectivity index is 1.73. The average Bonchev–Trinajstić information content (AvgIpc) is 2.81. The highest BCUT2D eigenvalue weighted by Crippen LogP contribution is 2.28. The number of fused-ring (bicyclic) bond motifs is 1. The monoisotopic (exact) mass is 311 g/mol. The molecule has 118 valence electrons. The molecule has 2 aromatic rings. The molecule has 1 aliphatic heterocycles. The van der Waals surface area contributed by atoms with Crippen LogP contribution >= 0.6 is 0 Å². The Morgan fingerprint density at radius 1 is 0.913 bits per heavy atom. The number of hydrogen-bond acceptors (Lipinski definition) is 4. The molecule has 2 aromatic carbocycles. The van der Waals surface area contributed by atoms with Gasteiger partial charge in [0.25, 0.3) is 11.8 Å². The maximum absolute atomic E-state index is 12.3. The van der Waals surface area contributed by atoms with Crippen molar-refractivity contribution in [2.24, 2.45) is 0 Å². The summed E-state index contributed by atoms with van der Waals surface area (Å²) in [5.74, 6) is 0.642. The second-order valence-corrected chi connectivity index (χ2v) is 5.35. The zero-order chi connectivity index (χ0) is 16.4. The van der Waals surface area contributed by atoms with Crippen molar-refractivity contribution < 1.29 is 19.1 Å². The first kappa shape index (κ1) is 15.1. The van der Waals surface area contributed by atoms with E-state index >= 15 is 0 Å². The lowest BCUT2D eigenvalue weighted by Crippen LogP contribution is -2.38. The van der Waals surface area contributed by atoms with E-state index in [0.717, 1.165) is 0 Å². The third-order valence-electron chi connectivity index (χ3n) is 3.72. The molecule has 5 heteroatoms. The summed E-state index contributed by atoms with van der Waals surface area (Å²) < 4.78 is 11.1. The van der Waals surface area contributed by atoms with Crippen molar-refractivity contribution in [3.63, 3.8) is 0 Å². The first-order valence-electron chi connectivity index (χ1n) is 7.36. The average molecular weight is 311 g/mol. The van der Waals surface area contributed by atoms with Gasteiger partial charge in [-0.25, -0.2) is 0 Å². The fourth-order valence-corrected chi connectivity index (χ4v) is 2.63. The van der Waals surface area contributed by atoms with Gasteiger partial charge in [-0.3, -0.25) is 14.5 Å². The van der Waals surface area contributed by atoms with E-state index in [1.807, 2.05) is 19.1 Å². The van der Waals surface area contributed by atoms with Crippen LogP contribution in [-0.2, 0) is 0 Å². The van der Waals surface area contributed by atoms with E-state index in [1.165, 1.54) is 4.90 Å². The van der Waals surface area contributed by atoms with Crippen LogP contribution in [0.5, 0.6) is 11.5 Å². The van der Waals surface area contributed by atoms with E-state index < -0.39 is 0 Å². The van der Waals surface area contributed by atoms with E-state index in [9.17, 15) is 9.59 Å². The number of ether oxygens (including phenoxy) is 2. The van der Waals surface area contributed by atoms with Crippen LogP contribution in [0.15, 0.2) is 48.5 Å². The summed E-state index contributed by atoms with van der Waals surface area (Å²) in [6, 6.07) is 14.1. The predicted molar refractivity (Wildman–Crippen MR) is 84.9 cm³/mol. The molecule has 1 atom stereocenters. The van der Waals surface area contributed by atoms with Crippen LogP contribution < -0.4 is 9.47 Å². The number of para-hydroxylation sites is 2. The fourth-order valence-electron chi connectivity index (χ4n) is 2.63. The van der Waals surface area contributed by atoms with Gasteiger partial charge in [0.2, 0.25) is 0 Å². The van der Waals surface area contributed by atoms with E-state index in [0.29, 0.717) is 22.6 Å². The Labute approximate surface area is 134 Å². The zero-order valence-electron chi connectivity index (χ0n) is 13.0. The molecule has 0 aliphatic carbocycles. The Morgan fingerprint density at radius 2 is 1.43 bits per heavy atom. The van der Waals surface area contributed by atoms with Crippen LogP contribution in [0.1, 0.15) is 27.6 Å². The second kappa shape index (κ2) is 6.12. The van der Waals surface area contributed by atoms with E-state index in [4.69, 9.17) is 9.47 Å². The molecule has 5 nitrogen and oxygen atoms in total. The molecule has 1 aliphatic rings. The molecule has 0 saturated heterocycles. The van der Waals surface area contributed by atoms with Crippen molar-refractivity contribution in [2.45, 2.75) is 13.0 Å². The Bertz CT molecular complexity index is 721. The van der Waals surface area contributed by atoms with Crippen molar-refractivity contribution in [3.8, 4) is 11.5 Å². The van der Waals surface area contributed by atoms with Crippen LogP contribution in [0.3, 0.4) is 0 Å². The van der Waals surface area contributed by atoms with Crippen LogP contribution in [0.2, 0.25) is 0 Å². The SMILES string of the molecule is COc1ccccc1OC(C)CN1C(=O)c2ccccc2C1=O. The third-order valence-corrected chi connectivity index (χ3v) is 3.72. The number of methoxy groups -OCH3 is 1. The Hall–Kier alpha value is -2.82. The smallest absolute Gasteiger partial charge is 0.261 e. The van der Waals surface area contributed by atoms with Crippen molar-refractivity contribution >= 4 is 11.8 Å². The van der Waals surface area contributed by atoms with Gasteiger partial charge in [0, 0.05) is 0 Å². The molecule has 0 fully saturated rings. The summed E-state index contributed by atoms with van der Waals surface area (Å²) in [5.41, 5.74) is 0.893. The molecular weight excluding hydrogens is 294 g/mol. The number of rotatable bonds is 5.